The van der Waals surface area contributed by atoms with E-state index in [9.17, 15) is 4.79 Å². The van der Waals surface area contributed by atoms with Gasteiger partial charge in [0.15, 0.2) is 0 Å². The highest BCUT2D eigenvalue weighted by Gasteiger charge is 2.05. The highest BCUT2D eigenvalue weighted by Crippen LogP contribution is 2.06. The first kappa shape index (κ1) is 12.9. The summed E-state index contributed by atoms with van der Waals surface area (Å²) in [6, 6.07) is 0. The highest BCUT2D eigenvalue weighted by atomic mass is 16.4. The molecule has 0 spiro atoms. The molecule has 0 saturated heterocycles. The summed E-state index contributed by atoms with van der Waals surface area (Å²) in [6.07, 6.45) is 6.76. The van der Waals surface area contributed by atoms with Crippen LogP contribution >= 0.6 is 0 Å². The molecule has 0 heterocycles. The molecule has 0 atom stereocenters. The van der Waals surface area contributed by atoms with E-state index in [2.05, 4.69) is 4.90 Å². The summed E-state index contributed by atoms with van der Waals surface area (Å²) in [5.74, 6) is -0.818. The largest absolute Gasteiger partial charge is 0.478 e. The molecule has 0 aliphatic rings. The predicted molar refractivity (Wildman–Crippen MR) is 58.3 cm³/mol. The molecule has 3 nitrogen and oxygen atoms in total. The topological polar surface area (TPSA) is 40.5 Å². The van der Waals surface area contributed by atoms with Gasteiger partial charge in [0.25, 0.3) is 0 Å². The van der Waals surface area contributed by atoms with Crippen LogP contribution in [0.3, 0.4) is 0 Å². The maximum absolute atomic E-state index is 10.8. The molecular formula is C11H19NO2. The van der Waals surface area contributed by atoms with Crippen molar-refractivity contribution in [2.75, 3.05) is 20.6 Å². The first-order chi connectivity index (χ1) is 6.57. The van der Waals surface area contributed by atoms with E-state index in [0.717, 1.165) is 13.0 Å². The van der Waals surface area contributed by atoms with Crippen molar-refractivity contribution in [3.8, 4) is 0 Å². The molecule has 0 fully saturated rings. The van der Waals surface area contributed by atoms with E-state index in [1.165, 1.54) is 0 Å². The van der Waals surface area contributed by atoms with Gasteiger partial charge in [0.2, 0.25) is 0 Å². The van der Waals surface area contributed by atoms with E-state index < -0.39 is 5.97 Å². The molecule has 0 bridgehead atoms. The molecule has 0 rings (SSSR count). The van der Waals surface area contributed by atoms with Crippen LogP contribution in [0.1, 0.15) is 19.8 Å². The molecule has 0 amide bonds. The molecule has 0 aliphatic carbocycles. The minimum atomic E-state index is -0.818. The second kappa shape index (κ2) is 7.33. The minimum absolute atomic E-state index is 0.477. The predicted octanol–water partition coefficient (Wildman–Crippen LogP) is 1.92. The number of nitrogens with zero attached hydrogens (tertiary/aromatic N) is 1. The summed E-state index contributed by atoms with van der Waals surface area (Å²) in [7, 11) is 3.96. The van der Waals surface area contributed by atoms with E-state index in [-0.39, 0.29) is 0 Å². The number of hydrogen-bond donors (Lipinski definition) is 1. The van der Waals surface area contributed by atoms with Gasteiger partial charge in [-0.05, 0) is 40.4 Å². The van der Waals surface area contributed by atoms with Gasteiger partial charge in [0, 0.05) is 5.57 Å². The summed E-state index contributed by atoms with van der Waals surface area (Å²) < 4.78 is 0. The summed E-state index contributed by atoms with van der Waals surface area (Å²) in [5, 5.41) is 8.85. The Morgan fingerprint density at radius 1 is 1.43 bits per heavy atom. The Hall–Kier alpha value is -1.09. The lowest BCUT2D eigenvalue weighted by Crippen LogP contribution is -2.13. The molecule has 0 aliphatic heterocycles. The SMILES string of the molecule is CC=CC=C(CCCN(C)C)C(=O)O. The van der Waals surface area contributed by atoms with Crippen molar-refractivity contribution in [1.82, 2.24) is 4.90 Å². The maximum Gasteiger partial charge on any atom is 0.331 e. The zero-order chi connectivity index (χ0) is 11.0. The zero-order valence-corrected chi connectivity index (χ0v) is 9.16. The Kier molecular flexibility index (Phi) is 6.76. The van der Waals surface area contributed by atoms with Gasteiger partial charge < -0.3 is 10.0 Å². The first-order valence-electron chi connectivity index (χ1n) is 4.77. The van der Waals surface area contributed by atoms with Crippen LogP contribution in [0, 0.1) is 0 Å². The maximum atomic E-state index is 10.8. The minimum Gasteiger partial charge on any atom is -0.478 e. The normalized spacial score (nSPS) is 12.7. The lowest BCUT2D eigenvalue weighted by molar-refractivity contribution is -0.132. The molecule has 3 heteroatoms. The first-order valence-corrected chi connectivity index (χ1v) is 4.77. The molecule has 0 unspecified atom stereocenters. The summed E-state index contributed by atoms with van der Waals surface area (Å²) in [5.41, 5.74) is 0.477. The number of aliphatic carboxylic acids is 1. The van der Waals surface area contributed by atoms with Gasteiger partial charge in [-0.15, -0.1) is 0 Å². The van der Waals surface area contributed by atoms with Crippen LogP contribution in [0.15, 0.2) is 23.8 Å². The number of carboxylic acid groups (broad SMARTS) is 1. The lowest BCUT2D eigenvalue weighted by atomic mass is 10.1. The Labute approximate surface area is 85.7 Å². The molecule has 0 radical (unpaired) electrons. The molecule has 0 aromatic carbocycles. The van der Waals surface area contributed by atoms with Crippen molar-refractivity contribution in [2.24, 2.45) is 0 Å². The fraction of sp³-hybridized carbons (Fsp3) is 0.545. The molecule has 1 N–H and O–H groups in total. The lowest BCUT2D eigenvalue weighted by Gasteiger charge is -2.08. The standard InChI is InChI=1S/C11H19NO2/c1-4-5-7-10(11(13)14)8-6-9-12(2)3/h4-5,7H,6,8-9H2,1-3H3,(H,13,14). The monoisotopic (exact) mass is 197 g/mol. The van der Waals surface area contributed by atoms with Crippen molar-refractivity contribution >= 4 is 5.97 Å². The number of allylic oxidation sites excluding steroid dienone is 3. The molecular weight excluding hydrogens is 178 g/mol. The van der Waals surface area contributed by atoms with Crippen LogP contribution in [0.25, 0.3) is 0 Å². The van der Waals surface area contributed by atoms with Crippen molar-refractivity contribution in [2.45, 2.75) is 19.8 Å². The molecule has 0 aromatic rings. The molecule has 80 valence electrons. The third kappa shape index (κ3) is 6.43. The van der Waals surface area contributed by atoms with Crippen LogP contribution in [0.2, 0.25) is 0 Å². The fourth-order valence-electron chi connectivity index (χ4n) is 1.06. The van der Waals surface area contributed by atoms with Gasteiger partial charge in [-0.2, -0.15) is 0 Å². The summed E-state index contributed by atoms with van der Waals surface area (Å²) >= 11 is 0. The Morgan fingerprint density at radius 2 is 2.07 bits per heavy atom. The average molecular weight is 197 g/mol. The molecule has 14 heavy (non-hydrogen) atoms. The smallest absolute Gasteiger partial charge is 0.331 e. The zero-order valence-electron chi connectivity index (χ0n) is 9.16. The Morgan fingerprint density at radius 3 is 2.50 bits per heavy atom. The Balaban J connectivity index is 4.05. The van der Waals surface area contributed by atoms with E-state index in [1.807, 2.05) is 27.1 Å². The van der Waals surface area contributed by atoms with Crippen molar-refractivity contribution in [1.29, 1.82) is 0 Å². The van der Waals surface area contributed by atoms with E-state index in [1.54, 1.807) is 12.2 Å². The van der Waals surface area contributed by atoms with Gasteiger partial charge in [-0.25, -0.2) is 4.79 Å². The second-order valence-electron chi connectivity index (χ2n) is 3.43. The molecule has 0 saturated carbocycles. The Bertz CT molecular complexity index is 229. The second-order valence-corrected chi connectivity index (χ2v) is 3.43. The van der Waals surface area contributed by atoms with Crippen molar-refractivity contribution in [3.63, 3.8) is 0 Å². The van der Waals surface area contributed by atoms with Crippen LogP contribution in [0.4, 0.5) is 0 Å². The average Bonchev–Trinajstić information content (AvgIpc) is 2.09. The van der Waals surface area contributed by atoms with Gasteiger partial charge >= 0.3 is 5.97 Å². The number of carboxylic acids is 1. The van der Waals surface area contributed by atoms with Gasteiger partial charge in [-0.3, -0.25) is 0 Å². The summed E-state index contributed by atoms with van der Waals surface area (Å²) in [4.78, 5) is 12.8. The van der Waals surface area contributed by atoms with E-state index >= 15 is 0 Å². The third-order valence-electron chi connectivity index (χ3n) is 1.82. The number of carbonyl (C=O) groups is 1. The quantitative estimate of drug-likeness (QED) is 0.522. The fourth-order valence-corrected chi connectivity index (χ4v) is 1.06. The van der Waals surface area contributed by atoms with Gasteiger partial charge in [0.1, 0.15) is 0 Å². The van der Waals surface area contributed by atoms with Crippen molar-refractivity contribution in [3.05, 3.63) is 23.8 Å². The van der Waals surface area contributed by atoms with Crippen molar-refractivity contribution < 1.29 is 9.90 Å². The van der Waals surface area contributed by atoms with E-state index in [4.69, 9.17) is 5.11 Å². The van der Waals surface area contributed by atoms with Gasteiger partial charge in [-0.1, -0.05) is 18.2 Å². The number of rotatable bonds is 6. The van der Waals surface area contributed by atoms with Crippen LogP contribution in [-0.4, -0.2) is 36.6 Å². The van der Waals surface area contributed by atoms with E-state index in [0.29, 0.717) is 12.0 Å². The van der Waals surface area contributed by atoms with Crippen LogP contribution < -0.4 is 0 Å². The third-order valence-corrected chi connectivity index (χ3v) is 1.82. The molecule has 0 aromatic heterocycles. The van der Waals surface area contributed by atoms with Crippen LogP contribution in [-0.2, 0) is 4.79 Å². The number of hydrogen-bond acceptors (Lipinski definition) is 2. The summed E-state index contributed by atoms with van der Waals surface area (Å²) in [6.45, 7) is 2.79. The highest BCUT2D eigenvalue weighted by molar-refractivity contribution is 5.86. The van der Waals surface area contributed by atoms with Crippen LogP contribution in [0.5, 0.6) is 0 Å². The van der Waals surface area contributed by atoms with Gasteiger partial charge in [0.05, 0.1) is 0 Å².